The molecule has 1 aromatic heterocycles. The first-order valence-electron chi connectivity index (χ1n) is 8.38. The number of anilines is 2. The number of fused-ring (bicyclic) bond motifs is 1. The molecule has 5 nitrogen and oxygen atoms in total. The van der Waals surface area contributed by atoms with Crippen molar-refractivity contribution in [3.8, 4) is 0 Å². The molecule has 1 aliphatic rings. The van der Waals surface area contributed by atoms with E-state index in [1.165, 1.54) is 12.1 Å². The van der Waals surface area contributed by atoms with Crippen molar-refractivity contribution in [3.63, 3.8) is 0 Å². The molecule has 1 N–H and O–H groups in total. The summed E-state index contributed by atoms with van der Waals surface area (Å²) < 4.78 is 13.2. The number of amides is 1. The van der Waals surface area contributed by atoms with Gasteiger partial charge in [0.05, 0.1) is 16.1 Å². The number of nitrogens with zero attached hydrogens (tertiary/aromatic N) is 3. The van der Waals surface area contributed by atoms with Crippen molar-refractivity contribution in [1.29, 1.82) is 0 Å². The summed E-state index contributed by atoms with van der Waals surface area (Å²) in [4.78, 5) is 23.4. The number of carbonyl (C=O) groups is 1. The first-order chi connectivity index (χ1) is 12.6. The normalized spacial score (nSPS) is 14.0. The Kier molecular flexibility index (Phi) is 4.42. The summed E-state index contributed by atoms with van der Waals surface area (Å²) >= 11 is 5.97. The minimum absolute atomic E-state index is 0.0735. The number of aromatic nitrogens is 2. The lowest BCUT2D eigenvalue weighted by Crippen LogP contribution is -2.19. The zero-order chi connectivity index (χ0) is 18.1. The second kappa shape index (κ2) is 6.88. The van der Waals surface area contributed by atoms with Gasteiger partial charge in [-0.05, 0) is 49.2 Å². The molecular formula is C19H16ClFN4O. The Balaban J connectivity index is 1.66. The second-order valence-electron chi connectivity index (χ2n) is 6.20. The van der Waals surface area contributed by atoms with Gasteiger partial charge in [0, 0.05) is 24.2 Å². The maximum Gasteiger partial charge on any atom is 0.257 e. The average Bonchev–Trinajstić information content (AvgIpc) is 3.15. The van der Waals surface area contributed by atoms with Crippen molar-refractivity contribution in [1.82, 2.24) is 9.97 Å². The number of rotatable bonds is 3. The van der Waals surface area contributed by atoms with Crippen LogP contribution in [0, 0.1) is 5.82 Å². The van der Waals surface area contributed by atoms with Crippen molar-refractivity contribution in [3.05, 3.63) is 59.1 Å². The molecule has 0 aliphatic carbocycles. The third-order valence-corrected chi connectivity index (χ3v) is 4.77. The summed E-state index contributed by atoms with van der Waals surface area (Å²) in [7, 11) is 0. The zero-order valence-corrected chi connectivity index (χ0v) is 14.6. The first kappa shape index (κ1) is 16.7. The van der Waals surface area contributed by atoms with Gasteiger partial charge >= 0.3 is 0 Å². The number of hydrogen-bond acceptors (Lipinski definition) is 4. The van der Waals surface area contributed by atoms with Crippen molar-refractivity contribution < 1.29 is 9.18 Å². The van der Waals surface area contributed by atoms with Crippen LogP contribution in [0.25, 0.3) is 10.9 Å². The third-order valence-electron chi connectivity index (χ3n) is 4.45. The Morgan fingerprint density at radius 3 is 2.69 bits per heavy atom. The molecule has 1 amide bonds. The highest BCUT2D eigenvalue weighted by Gasteiger charge is 2.17. The van der Waals surface area contributed by atoms with Crippen LogP contribution in [0.4, 0.5) is 15.9 Å². The molecular weight excluding hydrogens is 355 g/mol. The van der Waals surface area contributed by atoms with E-state index in [9.17, 15) is 9.18 Å². The average molecular weight is 371 g/mol. The maximum absolute atomic E-state index is 13.2. The van der Waals surface area contributed by atoms with Crippen LogP contribution < -0.4 is 10.2 Å². The number of halogens is 2. The first-order valence-corrected chi connectivity index (χ1v) is 8.76. The lowest BCUT2D eigenvalue weighted by molar-refractivity contribution is 0.102. The third kappa shape index (κ3) is 3.20. The number of nitrogens with one attached hydrogen (secondary N) is 1. The van der Waals surface area contributed by atoms with Crippen molar-refractivity contribution in [2.45, 2.75) is 12.8 Å². The molecule has 26 heavy (non-hydrogen) atoms. The van der Waals surface area contributed by atoms with Crippen LogP contribution in [-0.4, -0.2) is 29.0 Å². The molecule has 0 radical (unpaired) electrons. The fourth-order valence-electron chi connectivity index (χ4n) is 3.17. The molecule has 0 unspecified atom stereocenters. The summed E-state index contributed by atoms with van der Waals surface area (Å²) in [6.45, 7) is 1.93. The van der Waals surface area contributed by atoms with Crippen LogP contribution >= 0.6 is 11.6 Å². The summed E-state index contributed by atoms with van der Waals surface area (Å²) in [5.74, 6) is 0.00185. The van der Waals surface area contributed by atoms with E-state index >= 15 is 0 Å². The standard InChI is InChI=1S/C19H16ClFN4O/c20-16-9-12(21)3-5-14(16)19(26)24-13-4-6-17-15(10-13)18(23-11-22-17)25-7-1-2-8-25/h3-6,9-11H,1-2,7-8H2,(H,24,26). The Morgan fingerprint density at radius 1 is 1.12 bits per heavy atom. The molecule has 132 valence electrons. The van der Waals surface area contributed by atoms with Crippen LogP contribution in [-0.2, 0) is 0 Å². The summed E-state index contributed by atoms with van der Waals surface area (Å²) in [6, 6.07) is 9.18. The van der Waals surface area contributed by atoms with E-state index < -0.39 is 11.7 Å². The van der Waals surface area contributed by atoms with Gasteiger partial charge in [-0.3, -0.25) is 4.79 Å². The Bertz CT molecular complexity index is 988. The topological polar surface area (TPSA) is 58.1 Å². The molecule has 0 atom stereocenters. The van der Waals surface area contributed by atoms with Crippen LogP contribution in [0.5, 0.6) is 0 Å². The molecule has 3 aromatic rings. The molecule has 2 aromatic carbocycles. The zero-order valence-electron chi connectivity index (χ0n) is 13.9. The highest BCUT2D eigenvalue weighted by molar-refractivity contribution is 6.34. The molecule has 1 aliphatic heterocycles. The minimum Gasteiger partial charge on any atom is -0.356 e. The summed E-state index contributed by atoms with van der Waals surface area (Å²) in [5, 5.41) is 3.77. The van der Waals surface area contributed by atoms with Gasteiger partial charge in [-0.15, -0.1) is 0 Å². The van der Waals surface area contributed by atoms with E-state index in [-0.39, 0.29) is 10.6 Å². The smallest absolute Gasteiger partial charge is 0.257 e. The SMILES string of the molecule is O=C(Nc1ccc2ncnc(N3CCCC3)c2c1)c1ccc(F)cc1Cl. The highest BCUT2D eigenvalue weighted by atomic mass is 35.5. The number of carbonyl (C=O) groups excluding carboxylic acids is 1. The minimum atomic E-state index is -0.482. The fraction of sp³-hybridized carbons (Fsp3) is 0.211. The number of benzene rings is 2. The highest BCUT2D eigenvalue weighted by Crippen LogP contribution is 2.28. The van der Waals surface area contributed by atoms with E-state index in [0.717, 1.165) is 48.7 Å². The fourth-order valence-corrected chi connectivity index (χ4v) is 3.43. The van der Waals surface area contributed by atoms with Crippen molar-refractivity contribution in [2.24, 2.45) is 0 Å². The van der Waals surface area contributed by atoms with Gasteiger partial charge in [-0.1, -0.05) is 11.6 Å². The molecule has 1 fully saturated rings. The van der Waals surface area contributed by atoms with Gasteiger partial charge in [0.2, 0.25) is 0 Å². The Morgan fingerprint density at radius 2 is 1.92 bits per heavy atom. The molecule has 7 heteroatoms. The molecule has 4 rings (SSSR count). The number of hydrogen-bond donors (Lipinski definition) is 1. The Hall–Kier alpha value is -2.73. The lowest BCUT2D eigenvalue weighted by Gasteiger charge is -2.18. The van der Waals surface area contributed by atoms with E-state index in [2.05, 4.69) is 20.2 Å². The van der Waals surface area contributed by atoms with Gasteiger partial charge < -0.3 is 10.2 Å². The molecule has 0 spiro atoms. The molecule has 2 heterocycles. The quantitative estimate of drug-likeness (QED) is 0.747. The van der Waals surface area contributed by atoms with Gasteiger partial charge in [0.25, 0.3) is 5.91 Å². The van der Waals surface area contributed by atoms with E-state index in [1.54, 1.807) is 12.4 Å². The molecule has 1 saturated heterocycles. The van der Waals surface area contributed by atoms with Crippen LogP contribution in [0.1, 0.15) is 23.2 Å². The summed E-state index contributed by atoms with van der Waals surface area (Å²) in [6.07, 6.45) is 3.85. The largest absolute Gasteiger partial charge is 0.356 e. The summed E-state index contributed by atoms with van der Waals surface area (Å²) in [5.41, 5.74) is 1.65. The van der Waals surface area contributed by atoms with Crippen LogP contribution in [0.15, 0.2) is 42.7 Å². The van der Waals surface area contributed by atoms with Crippen molar-refractivity contribution in [2.75, 3.05) is 23.3 Å². The van der Waals surface area contributed by atoms with E-state index in [0.29, 0.717) is 5.69 Å². The van der Waals surface area contributed by atoms with Crippen molar-refractivity contribution >= 4 is 39.9 Å². The van der Waals surface area contributed by atoms with Gasteiger partial charge in [-0.2, -0.15) is 0 Å². The Labute approximate surface area is 154 Å². The molecule has 0 saturated carbocycles. The predicted molar refractivity (Wildman–Crippen MR) is 100 cm³/mol. The van der Waals surface area contributed by atoms with Gasteiger partial charge in [0.1, 0.15) is 18.0 Å². The monoisotopic (exact) mass is 370 g/mol. The predicted octanol–water partition coefficient (Wildman–Crippen LogP) is 4.27. The second-order valence-corrected chi connectivity index (χ2v) is 6.61. The maximum atomic E-state index is 13.2. The van der Waals surface area contributed by atoms with Crippen LogP contribution in [0.3, 0.4) is 0 Å². The van der Waals surface area contributed by atoms with E-state index in [1.807, 2.05) is 12.1 Å². The van der Waals surface area contributed by atoms with Crippen LogP contribution in [0.2, 0.25) is 5.02 Å². The lowest BCUT2D eigenvalue weighted by atomic mass is 10.1. The van der Waals surface area contributed by atoms with Gasteiger partial charge in [-0.25, -0.2) is 14.4 Å². The van der Waals surface area contributed by atoms with Gasteiger partial charge in [0.15, 0.2) is 0 Å². The van der Waals surface area contributed by atoms with E-state index in [4.69, 9.17) is 11.6 Å². The molecule has 0 bridgehead atoms.